The lowest BCUT2D eigenvalue weighted by molar-refractivity contribution is -0.123. The zero-order valence-electron chi connectivity index (χ0n) is 18.5. The molecular formula is C25H26N2O5S. The van der Waals surface area contributed by atoms with E-state index >= 15 is 0 Å². The molecule has 7 nitrogen and oxygen atoms in total. The van der Waals surface area contributed by atoms with Gasteiger partial charge in [-0.05, 0) is 55.3 Å². The largest absolute Gasteiger partial charge is 0.496 e. The number of para-hydroxylation sites is 2. The second kappa shape index (κ2) is 9.54. The second-order valence-electron chi connectivity index (χ2n) is 7.75. The lowest BCUT2D eigenvalue weighted by Crippen LogP contribution is -2.31. The average Bonchev–Trinajstić information content (AvgIpc) is 3.28. The van der Waals surface area contributed by atoms with Crippen LogP contribution in [0.5, 0.6) is 11.5 Å². The Hall–Kier alpha value is -3.52. The quantitative estimate of drug-likeness (QED) is 0.547. The van der Waals surface area contributed by atoms with Crippen LogP contribution in [0.1, 0.15) is 24.1 Å². The van der Waals surface area contributed by atoms with Gasteiger partial charge in [-0.1, -0.05) is 36.4 Å². The molecule has 0 unspecified atom stereocenters. The maximum Gasteiger partial charge on any atom is 0.264 e. The highest BCUT2D eigenvalue weighted by atomic mass is 32.2. The molecule has 0 aliphatic carbocycles. The number of fused-ring (bicyclic) bond motifs is 1. The highest BCUT2D eigenvalue weighted by molar-refractivity contribution is 7.92. The minimum absolute atomic E-state index is 0.181. The Morgan fingerprint density at radius 2 is 1.73 bits per heavy atom. The van der Waals surface area contributed by atoms with E-state index < -0.39 is 10.0 Å². The van der Waals surface area contributed by atoms with Gasteiger partial charge in [-0.2, -0.15) is 0 Å². The molecule has 33 heavy (non-hydrogen) atoms. The molecule has 3 aromatic rings. The molecule has 0 fully saturated rings. The maximum atomic E-state index is 13.1. The van der Waals surface area contributed by atoms with E-state index in [4.69, 9.17) is 9.47 Å². The predicted octanol–water partition coefficient (Wildman–Crippen LogP) is 3.70. The molecule has 0 saturated carbocycles. The number of hydrogen-bond donors (Lipinski definition) is 1. The minimum Gasteiger partial charge on any atom is -0.496 e. The van der Waals surface area contributed by atoms with Crippen molar-refractivity contribution in [3.05, 3.63) is 83.9 Å². The first-order chi connectivity index (χ1) is 15.9. The first-order valence-corrected chi connectivity index (χ1v) is 12.1. The van der Waals surface area contributed by atoms with Gasteiger partial charge in [0.2, 0.25) is 0 Å². The average molecular weight is 467 g/mol. The number of ether oxygens (including phenoxy) is 2. The Kier molecular flexibility index (Phi) is 6.55. The first kappa shape index (κ1) is 22.7. The summed E-state index contributed by atoms with van der Waals surface area (Å²) in [5, 5.41) is 2.88. The van der Waals surface area contributed by atoms with Gasteiger partial charge in [0.05, 0.1) is 23.7 Å². The van der Waals surface area contributed by atoms with E-state index in [2.05, 4.69) is 5.32 Å². The standard InChI is InChI=1S/C25H26N2O5S/c1-18(22-8-4-6-10-24(22)31-2)26-25(28)17-32-20-11-13-21(14-12-20)33(29,30)27-16-15-19-7-3-5-9-23(19)27/h3-14,18H,15-17H2,1-2H3,(H,26,28)/t18-/m1/s1. The number of methoxy groups -OCH3 is 1. The van der Waals surface area contributed by atoms with Crippen molar-refractivity contribution in [1.82, 2.24) is 5.32 Å². The zero-order chi connectivity index (χ0) is 23.4. The molecule has 1 heterocycles. The SMILES string of the molecule is COc1ccccc1[C@@H](C)NC(=O)COc1ccc(S(=O)(=O)N2CCc3ccccc32)cc1. The fraction of sp³-hybridized carbons (Fsp3) is 0.240. The molecule has 0 aromatic heterocycles. The molecule has 0 bridgehead atoms. The van der Waals surface area contributed by atoms with Crippen molar-refractivity contribution in [1.29, 1.82) is 0 Å². The molecule has 0 spiro atoms. The monoisotopic (exact) mass is 466 g/mol. The fourth-order valence-corrected chi connectivity index (χ4v) is 5.43. The van der Waals surface area contributed by atoms with Crippen LogP contribution in [-0.2, 0) is 21.2 Å². The molecule has 4 rings (SSSR count). The van der Waals surface area contributed by atoms with Gasteiger partial charge in [-0.25, -0.2) is 8.42 Å². The topological polar surface area (TPSA) is 84.9 Å². The summed E-state index contributed by atoms with van der Waals surface area (Å²) in [5.74, 6) is 0.818. The number of anilines is 1. The number of rotatable bonds is 8. The summed E-state index contributed by atoms with van der Waals surface area (Å²) in [4.78, 5) is 12.5. The van der Waals surface area contributed by atoms with Crippen LogP contribution < -0.4 is 19.1 Å². The van der Waals surface area contributed by atoms with Gasteiger partial charge >= 0.3 is 0 Å². The van der Waals surface area contributed by atoms with E-state index in [1.165, 1.54) is 16.4 Å². The van der Waals surface area contributed by atoms with Crippen LogP contribution in [0.4, 0.5) is 5.69 Å². The van der Waals surface area contributed by atoms with Gasteiger partial charge in [0.25, 0.3) is 15.9 Å². The van der Waals surface area contributed by atoms with Gasteiger partial charge < -0.3 is 14.8 Å². The summed E-state index contributed by atoms with van der Waals surface area (Å²) in [6.07, 6.45) is 0.693. The molecule has 1 aliphatic rings. The van der Waals surface area contributed by atoms with Crippen LogP contribution in [-0.4, -0.2) is 34.6 Å². The van der Waals surface area contributed by atoms with E-state index in [9.17, 15) is 13.2 Å². The third-order valence-corrected chi connectivity index (χ3v) is 7.44. The van der Waals surface area contributed by atoms with E-state index in [1.807, 2.05) is 55.5 Å². The summed E-state index contributed by atoms with van der Waals surface area (Å²) in [6, 6.07) is 20.9. The Morgan fingerprint density at radius 1 is 1.03 bits per heavy atom. The van der Waals surface area contributed by atoms with Gasteiger partial charge in [0.1, 0.15) is 11.5 Å². The van der Waals surface area contributed by atoms with Crippen molar-refractivity contribution in [3.8, 4) is 11.5 Å². The van der Waals surface area contributed by atoms with Crippen molar-refractivity contribution in [2.24, 2.45) is 0 Å². The molecule has 0 saturated heterocycles. The van der Waals surface area contributed by atoms with Crippen molar-refractivity contribution < 1.29 is 22.7 Å². The molecule has 1 aliphatic heterocycles. The van der Waals surface area contributed by atoms with E-state index in [-0.39, 0.29) is 23.5 Å². The molecule has 1 amide bonds. The summed E-state index contributed by atoms with van der Waals surface area (Å²) in [7, 11) is -2.08. The van der Waals surface area contributed by atoms with Gasteiger partial charge in [-0.3, -0.25) is 9.10 Å². The molecule has 8 heteroatoms. The summed E-state index contributed by atoms with van der Waals surface area (Å²) < 4.78 is 38.5. The summed E-state index contributed by atoms with van der Waals surface area (Å²) >= 11 is 0. The highest BCUT2D eigenvalue weighted by Crippen LogP contribution is 2.33. The number of amides is 1. The van der Waals surface area contributed by atoms with Crippen LogP contribution >= 0.6 is 0 Å². The van der Waals surface area contributed by atoms with Crippen molar-refractivity contribution >= 4 is 21.6 Å². The van der Waals surface area contributed by atoms with E-state index in [0.717, 1.165) is 16.8 Å². The summed E-state index contributed by atoms with van der Waals surface area (Å²) in [6.45, 7) is 2.10. The van der Waals surface area contributed by atoms with Crippen LogP contribution in [0, 0.1) is 0 Å². The third kappa shape index (κ3) is 4.80. The van der Waals surface area contributed by atoms with Crippen molar-refractivity contribution in [2.75, 3.05) is 24.6 Å². The van der Waals surface area contributed by atoms with E-state index in [0.29, 0.717) is 24.5 Å². The number of carbonyl (C=O) groups is 1. The Bertz CT molecular complexity index is 1240. The fourth-order valence-electron chi connectivity index (χ4n) is 3.93. The number of hydrogen-bond acceptors (Lipinski definition) is 5. The highest BCUT2D eigenvalue weighted by Gasteiger charge is 2.30. The molecule has 1 N–H and O–H groups in total. The van der Waals surface area contributed by atoms with Crippen molar-refractivity contribution in [2.45, 2.75) is 24.3 Å². The van der Waals surface area contributed by atoms with E-state index in [1.54, 1.807) is 19.2 Å². The zero-order valence-corrected chi connectivity index (χ0v) is 19.3. The number of benzene rings is 3. The number of sulfonamides is 1. The number of carbonyl (C=O) groups excluding carboxylic acids is 1. The van der Waals surface area contributed by atoms with Crippen LogP contribution in [0.3, 0.4) is 0 Å². The van der Waals surface area contributed by atoms with Gasteiger partial charge in [0, 0.05) is 12.1 Å². The second-order valence-corrected chi connectivity index (χ2v) is 9.61. The smallest absolute Gasteiger partial charge is 0.264 e. The Labute approximate surface area is 194 Å². The van der Waals surface area contributed by atoms with Gasteiger partial charge in [-0.15, -0.1) is 0 Å². The van der Waals surface area contributed by atoms with Gasteiger partial charge in [0.15, 0.2) is 6.61 Å². The molecule has 172 valence electrons. The molecule has 0 radical (unpaired) electrons. The van der Waals surface area contributed by atoms with Crippen LogP contribution in [0.2, 0.25) is 0 Å². The lowest BCUT2D eigenvalue weighted by Gasteiger charge is -2.20. The first-order valence-electron chi connectivity index (χ1n) is 10.7. The molecule has 3 aromatic carbocycles. The summed E-state index contributed by atoms with van der Waals surface area (Å²) in [5.41, 5.74) is 2.61. The third-order valence-electron chi connectivity index (χ3n) is 5.61. The van der Waals surface area contributed by atoms with Crippen LogP contribution in [0.15, 0.2) is 77.7 Å². The lowest BCUT2D eigenvalue weighted by atomic mass is 10.1. The maximum absolute atomic E-state index is 13.1. The number of nitrogens with zero attached hydrogens (tertiary/aromatic N) is 1. The molecular weight excluding hydrogens is 440 g/mol. The predicted molar refractivity (Wildman–Crippen MR) is 126 cm³/mol. The number of nitrogens with one attached hydrogen (secondary N) is 1. The molecule has 1 atom stereocenters. The normalized spacial score (nSPS) is 13.8. The minimum atomic E-state index is -3.67. The van der Waals surface area contributed by atoms with Crippen molar-refractivity contribution in [3.63, 3.8) is 0 Å². The Balaban J connectivity index is 1.37. The van der Waals surface area contributed by atoms with Crippen LogP contribution in [0.25, 0.3) is 0 Å². The Morgan fingerprint density at radius 3 is 2.48 bits per heavy atom.